The van der Waals surface area contributed by atoms with Gasteiger partial charge in [-0.2, -0.15) is 0 Å². The van der Waals surface area contributed by atoms with Crippen LogP contribution in [0, 0.1) is 0 Å². The van der Waals surface area contributed by atoms with E-state index in [-0.39, 0.29) is 25.7 Å². The van der Waals surface area contributed by atoms with Crippen molar-refractivity contribution < 1.29 is 80.2 Å². The van der Waals surface area contributed by atoms with Gasteiger partial charge >= 0.3 is 39.5 Å². The van der Waals surface area contributed by atoms with Crippen molar-refractivity contribution in [1.29, 1.82) is 0 Å². The minimum Gasteiger partial charge on any atom is -0.462 e. The monoisotopic (exact) mass is 1200 g/mol. The van der Waals surface area contributed by atoms with Crippen LogP contribution in [0.2, 0.25) is 0 Å². The molecule has 19 heteroatoms. The molecule has 0 heterocycles. The number of carbonyl (C=O) groups excluding carboxylic acids is 4. The van der Waals surface area contributed by atoms with E-state index in [0.717, 1.165) is 103 Å². The average molecular weight is 1200 g/mol. The topological polar surface area (TPSA) is 237 Å². The minimum atomic E-state index is -4.94. The van der Waals surface area contributed by atoms with Crippen LogP contribution in [-0.4, -0.2) is 96.7 Å². The predicted octanol–water partition coefficient (Wildman–Crippen LogP) is 17.2. The van der Waals surface area contributed by atoms with Crippen molar-refractivity contribution >= 4 is 39.5 Å². The maximum atomic E-state index is 13.0. The number of phosphoric acid groups is 2. The van der Waals surface area contributed by atoms with Gasteiger partial charge in [-0.25, -0.2) is 9.13 Å². The van der Waals surface area contributed by atoms with Crippen molar-refractivity contribution in [2.24, 2.45) is 0 Å². The molecule has 0 spiro atoms. The van der Waals surface area contributed by atoms with Gasteiger partial charge in [-0.05, 0) is 25.7 Å². The van der Waals surface area contributed by atoms with Gasteiger partial charge in [0.05, 0.1) is 26.4 Å². The van der Waals surface area contributed by atoms with Gasteiger partial charge in [0.15, 0.2) is 12.2 Å². The molecule has 0 aliphatic heterocycles. The SMILES string of the molecule is CCCCCCCCCCCCCCCCCC(=O)OC[C@H](COP(=O)(O)OC[C@H](O)COP(=O)(O)OC[C@@H](COC(=O)CCCCCCC)OC(=O)CCCCCCCC)OC(=O)CCCCCCCCCCCCCCCCC. The Morgan fingerprint density at radius 2 is 0.494 bits per heavy atom. The van der Waals surface area contributed by atoms with Crippen LogP contribution >= 0.6 is 15.6 Å². The van der Waals surface area contributed by atoms with Crippen LogP contribution in [0.15, 0.2) is 0 Å². The van der Waals surface area contributed by atoms with Gasteiger partial charge in [-0.15, -0.1) is 0 Å². The smallest absolute Gasteiger partial charge is 0.462 e. The summed E-state index contributed by atoms with van der Waals surface area (Å²) in [4.78, 5) is 71.7. The number of esters is 4. The fraction of sp³-hybridized carbons (Fsp3) is 0.935. The molecule has 0 aliphatic carbocycles. The van der Waals surface area contributed by atoms with Crippen LogP contribution in [0.3, 0.4) is 0 Å². The summed E-state index contributed by atoms with van der Waals surface area (Å²) in [6, 6.07) is 0. The highest BCUT2D eigenvalue weighted by Crippen LogP contribution is 2.45. The third-order valence-corrected chi connectivity index (χ3v) is 16.3. The second-order valence-corrected chi connectivity index (χ2v) is 25.4. The summed E-state index contributed by atoms with van der Waals surface area (Å²) >= 11 is 0. The van der Waals surface area contributed by atoms with Crippen molar-refractivity contribution in [2.45, 2.75) is 335 Å². The van der Waals surface area contributed by atoms with E-state index in [1.807, 2.05) is 0 Å². The Kier molecular flexibility index (Phi) is 55.8. The Bertz CT molecular complexity index is 1570. The Labute approximate surface area is 492 Å². The molecule has 17 nitrogen and oxygen atoms in total. The van der Waals surface area contributed by atoms with E-state index < -0.39 is 97.5 Å². The fourth-order valence-corrected chi connectivity index (χ4v) is 10.9. The maximum absolute atomic E-state index is 13.0. The Morgan fingerprint density at radius 1 is 0.296 bits per heavy atom. The first-order valence-corrected chi connectivity index (χ1v) is 35.8. The lowest BCUT2D eigenvalue weighted by molar-refractivity contribution is -0.161. The highest BCUT2D eigenvalue weighted by molar-refractivity contribution is 7.47. The average Bonchev–Trinajstić information content (AvgIpc) is 3.44. The summed E-state index contributed by atoms with van der Waals surface area (Å²) < 4.78 is 67.6. The van der Waals surface area contributed by atoms with Crippen molar-refractivity contribution in [3.05, 3.63) is 0 Å². The summed E-state index contributed by atoms with van der Waals surface area (Å²) in [5.74, 6) is -2.15. The molecular formula is C62H120O17P2. The van der Waals surface area contributed by atoms with Crippen LogP contribution < -0.4 is 0 Å². The van der Waals surface area contributed by atoms with Crippen molar-refractivity contribution in [3.63, 3.8) is 0 Å². The minimum absolute atomic E-state index is 0.102. The van der Waals surface area contributed by atoms with E-state index in [1.165, 1.54) is 135 Å². The molecule has 5 atom stereocenters. The molecule has 0 radical (unpaired) electrons. The van der Waals surface area contributed by atoms with Crippen molar-refractivity contribution in [2.75, 3.05) is 39.6 Å². The normalized spacial score (nSPS) is 14.2. The van der Waals surface area contributed by atoms with Crippen LogP contribution in [0.1, 0.15) is 317 Å². The number of hydrogen-bond acceptors (Lipinski definition) is 15. The van der Waals surface area contributed by atoms with Crippen LogP contribution in [0.25, 0.3) is 0 Å². The number of aliphatic hydroxyl groups excluding tert-OH is 1. The lowest BCUT2D eigenvalue weighted by Gasteiger charge is -2.21. The molecular weight excluding hydrogens is 1080 g/mol. The predicted molar refractivity (Wildman–Crippen MR) is 322 cm³/mol. The zero-order chi connectivity index (χ0) is 59.8. The molecule has 0 saturated heterocycles. The lowest BCUT2D eigenvalue weighted by atomic mass is 10.0. The molecule has 0 saturated carbocycles. The largest absolute Gasteiger partial charge is 0.472 e. The summed E-state index contributed by atoms with van der Waals surface area (Å²) in [6.07, 6.45) is 42.3. The lowest BCUT2D eigenvalue weighted by Crippen LogP contribution is -2.30. The van der Waals surface area contributed by atoms with Gasteiger partial charge in [0.1, 0.15) is 19.3 Å². The first-order chi connectivity index (χ1) is 39.2. The van der Waals surface area contributed by atoms with Crippen molar-refractivity contribution in [3.8, 4) is 0 Å². The molecule has 2 unspecified atom stereocenters. The van der Waals surface area contributed by atoms with Gasteiger partial charge in [0, 0.05) is 25.7 Å². The van der Waals surface area contributed by atoms with Gasteiger partial charge < -0.3 is 33.8 Å². The van der Waals surface area contributed by atoms with Crippen LogP contribution in [-0.2, 0) is 65.4 Å². The number of carbonyl (C=O) groups is 4. The van der Waals surface area contributed by atoms with Gasteiger partial charge in [-0.3, -0.25) is 37.3 Å². The number of aliphatic hydroxyl groups is 1. The number of phosphoric ester groups is 2. The molecule has 0 amide bonds. The van der Waals surface area contributed by atoms with E-state index in [4.69, 9.17) is 37.0 Å². The number of unbranched alkanes of at least 4 members (excludes halogenated alkanes) is 37. The van der Waals surface area contributed by atoms with Gasteiger partial charge in [0.25, 0.3) is 0 Å². The molecule has 3 N–H and O–H groups in total. The molecule has 0 aromatic carbocycles. The highest BCUT2D eigenvalue weighted by Gasteiger charge is 2.30. The van der Waals surface area contributed by atoms with E-state index >= 15 is 0 Å². The third-order valence-electron chi connectivity index (χ3n) is 14.4. The van der Waals surface area contributed by atoms with Crippen LogP contribution in [0.5, 0.6) is 0 Å². The molecule has 480 valence electrons. The van der Waals surface area contributed by atoms with Crippen molar-refractivity contribution in [1.82, 2.24) is 0 Å². The van der Waals surface area contributed by atoms with E-state index in [9.17, 15) is 43.2 Å². The zero-order valence-corrected chi connectivity index (χ0v) is 53.5. The Morgan fingerprint density at radius 3 is 0.728 bits per heavy atom. The second-order valence-electron chi connectivity index (χ2n) is 22.4. The van der Waals surface area contributed by atoms with E-state index in [1.54, 1.807) is 0 Å². The fourth-order valence-electron chi connectivity index (χ4n) is 9.28. The Hall–Kier alpha value is -1.94. The summed E-state index contributed by atoms with van der Waals surface area (Å²) in [7, 11) is -9.86. The molecule has 0 fully saturated rings. The maximum Gasteiger partial charge on any atom is 0.472 e. The van der Waals surface area contributed by atoms with Gasteiger partial charge in [-0.1, -0.05) is 265 Å². The van der Waals surface area contributed by atoms with Gasteiger partial charge in [0.2, 0.25) is 0 Å². The highest BCUT2D eigenvalue weighted by atomic mass is 31.2. The molecule has 0 bridgehead atoms. The zero-order valence-electron chi connectivity index (χ0n) is 51.7. The Balaban J connectivity index is 5.12. The first-order valence-electron chi connectivity index (χ1n) is 32.8. The molecule has 81 heavy (non-hydrogen) atoms. The molecule has 0 aromatic rings. The molecule has 0 aliphatic rings. The van der Waals surface area contributed by atoms with Crippen LogP contribution in [0.4, 0.5) is 0 Å². The quantitative estimate of drug-likeness (QED) is 0.0222. The molecule has 0 aromatic heterocycles. The van der Waals surface area contributed by atoms with E-state index in [0.29, 0.717) is 25.7 Å². The summed E-state index contributed by atoms with van der Waals surface area (Å²) in [6.45, 7) is 4.74. The first kappa shape index (κ1) is 79.1. The third kappa shape index (κ3) is 56.9. The number of ether oxygens (including phenoxy) is 4. The number of rotatable bonds is 63. The number of hydrogen-bond donors (Lipinski definition) is 3. The molecule has 0 rings (SSSR count). The van der Waals surface area contributed by atoms with E-state index in [2.05, 4.69) is 27.7 Å². The summed E-state index contributed by atoms with van der Waals surface area (Å²) in [5, 5.41) is 10.5. The summed E-state index contributed by atoms with van der Waals surface area (Å²) in [5.41, 5.74) is 0. The standard InChI is InChI=1S/C62H120O17P2/c1-5-9-13-17-20-22-24-26-28-30-32-34-36-40-43-47-60(65)73-53-58(79-62(67)49-45-41-37-35-33-31-29-27-25-23-21-18-14-10-6-2)55-77-81(70,71)75-51-56(63)50-74-80(68,69)76-54-57(52-72-59(64)46-42-38-16-12-8-4)78-61(66)48-44-39-19-15-11-7-3/h56-58,63H,5-55H2,1-4H3,(H,68,69)(H,70,71)/t56-,57-,58-/m1/s1. The second kappa shape index (κ2) is 57.2.